The van der Waals surface area contributed by atoms with Crippen LogP contribution in [0.2, 0.25) is 0 Å². The molecule has 4 rings (SSSR count). The summed E-state index contributed by atoms with van der Waals surface area (Å²) in [4.78, 5) is 15.0. The van der Waals surface area contributed by atoms with E-state index < -0.39 is 6.10 Å². The van der Waals surface area contributed by atoms with Gasteiger partial charge in [0.1, 0.15) is 6.54 Å². The molecule has 1 saturated heterocycles. The number of carbonyl (C=O) groups excluding carboxylic acids is 1. The van der Waals surface area contributed by atoms with Gasteiger partial charge in [0.15, 0.2) is 0 Å². The first-order valence-electron chi connectivity index (χ1n) is 11.9. The van der Waals surface area contributed by atoms with E-state index in [2.05, 4.69) is 39.6 Å². The number of rotatable bonds is 6. The second-order valence-electron chi connectivity index (χ2n) is 9.62. The molecule has 0 unspecified atom stereocenters. The van der Waals surface area contributed by atoms with Crippen LogP contribution < -0.4 is 5.32 Å². The summed E-state index contributed by atoms with van der Waals surface area (Å²) in [6.45, 7) is 4.39. The average molecular weight is 441 g/mol. The molecule has 1 saturated carbocycles. The Balaban J connectivity index is 1.47. The van der Waals surface area contributed by atoms with Crippen molar-refractivity contribution in [3.8, 4) is 0 Å². The van der Waals surface area contributed by atoms with Gasteiger partial charge in [-0.15, -0.1) is 0 Å². The lowest BCUT2D eigenvalue weighted by molar-refractivity contribution is -0.122. The maximum atomic E-state index is 12.7. The van der Waals surface area contributed by atoms with E-state index in [4.69, 9.17) is 0 Å². The van der Waals surface area contributed by atoms with E-state index in [1.165, 1.54) is 5.56 Å². The summed E-state index contributed by atoms with van der Waals surface area (Å²) in [6, 6.07) is 10.5. The van der Waals surface area contributed by atoms with Gasteiger partial charge in [-0.1, -0.05) is 30.3 Å². The van der Waals surface area contributed by atoms with E-state index in [9.17, 15) is 15.0 Å². The highest BCUT2D eigenvalue weighted by atomic mass is 16.3. The molecular weight excluding hydrogens is 404 g/mol. The Morgan fingerprint density at radius 3 is 2.53 bits per heavy atom. The molecule has 0 bridgehead atoms. The third-order valence-electron chi connectivity index (χ3n) is 7.33. The normalized spacial score (nSPS) is 27.7. The number of likely N-dealkylation sites (tertiary alicyclic amines) is 1. The lowest BCUT2D eigenvalue weighted by atomic mass is 9.74. The van der Waals surface area contributed by atoms with Crippen molar-refractivity contribution in [2.24, 2.45) is 0 Å². The van der Waals surface area contributed by atoms with Crippen molar-refractivity contribution in [1.82, 2.24) is 20.0 Å². The smallest absolute Gasteiger partial charge is 0.241 e. The maximum absolute atomic E-state index is 12.7. The first kappa shape index (κ1) is 23.0. The van der Waals surface area contributed by atoms with Gasteiger partial charge in [0.25, 0.3) is 0 Å². The number of benzene rings is 1. The number of piperidine rings is 1. The van der Waals surface area contributed by atoms with Gasteiger partial charge in [0.05, 0.1) is 18.4 Å². The molecule has 3 atom stereocenters. The van der Waals surface area contributed by atoms with E-state index in [0.29, 0.717) is 13.0 Å². The van der Waals surface area contributed by atoms with Gasteiger partial charge in [-0.3, -0.25) is 14.4 Å². The number of hydrogen-bond acceptors (Lipinski definition) is 5. The topological polar surface area (TPSA) is 90.6 Å². The molecule has 3 N–H and O–H groups in total. The van der Waals surface area contributed by atoms with Gasteiger partial charge in [-0.2, -0.15) is 5.10 Å². The molecule has 1 aromatic heterocycles. The number of aryl methyl sites for hydroxylation is 1. The Kier molecular flexibility index (Phi) is 7.28. The monoisotopic (exact) mass is 440 g/mol. The van der Waals surface area contributed by atoms with Gasteiger partial charge >= 0.3 is 0 Å². The molecule has 2 fully saturated rings. The minimum atomic E-state index is -0.390. The fourth-order valence-corrected chi connectivity index (χ4v) is 5.38. The number of aliphatic hydroxyl groups is 2. The molecular formula is C25H36N4O3. The molecule has 1 aliphatic heterocycles. The summed E-state index contributed by atoms with van der Waals surface area (Å²) in [5.74, 6) is -0.0465. The fourth-order valence-electron chi connectivity index (χ4n) is 5.38. The molecule has 1 aromatic carbocycles. The van der Waals surface area contributed by atoms with Gasteiger partial charge in [0.2, 0.25) is 5.91 Å². The van der Waals surface area contributed by atoms with Crippen molar-refractivity contribution in [2.75, 3.05) is 19.6 Å². The Bertz CT molecular complexity index is 878. The van der Waals surface area contributed by atoms with Crippen LogP contribution in [0.4, 0.5) is 0 Å². The summed E-state index contributed by atoms with van der Waals surface area (Å²) in [5, 5.41) is 28.3. The Hall–Kier alpha value is -2.22. The first-order valence-corrected chi connectivity index (χ1v) is 11.9. The third kappa shape index (κ3) is 5.39. The van der Waals surface area contributed by atoms with Crippen LogP contribution in [0.1, 0.15) is 49.7 Å². The zero-order valence-corrected chi connectivity index (χ0v) is 19.0. The SMILES string of the molecule is Cc1cnn(CC(=O)NC[C@@]2(c3ccccc3)CC[C@H](O)[C@@H](N3CCC(O)CC3)CC2)c1. The van der Waals surface area contributed by atoms with Crippen LogP contribution in [0.5, 0.6) is 0 Å². The number of hydrogen-bond donors (Lipinski definition) is 3. The number of amides is 1. The molecule has 174 valence electrons. The summed E-state index contributed by atoms with van der Waals surface area (Å²) in [7, 11) is 0. The quantitative estimate of drug-likeness (QED) is 0.598. The Morgan fingerprint density at radius 2 is 1.84 bits per heavy atom. The Labute approximate surface area is 190 Å². The molecule has 0 radical (unpaired) electrons. The molecule has 2 aliphatic rings. The lowest BCUT2D eigenvalue weighted by Crippen LogP contribution is -2.48. The van der Waals surface area contributed by atoms with Crippen LogP contribution in [-0.4, -0.2) is 68.7 Å². The number of nitrogens with one attached hydrogen (secondary N) is 1. The van der Waals surface area contributed by atoms with Crippen molar-refractivity contribution in [1.29, 1.82) is 0 Å². The largest absolute Gasteiger partial charge is 0.393 e. The van der Waals surface area contributed by atoms with Crippen molar-refractivity contribution < 1.29 is 15.0 Å². The minimum Gasteiger partial charge on any atom is -0.393 e. The second-order valence-corrected chi connectivity index (χ2v) is 9.62. The van der Waals surface area contributed by atoms with Crippen LogP contribution in [0, 0.1) is 6.92 Å². The molecule has 1 aliphatic carbocycles. The highest BCUT2D eigenvalue weighted by molar-refractivity contribution is 5.75. The standard InChI is InChI=1S/C25H36N4O3/c1-19-15-27-29(16-19)17-24(32)26-18-25(20-5-3-2-4-6-20)11-7-22(23(31)8-12-25)28-13-9-21(30)10-14-28/h2-6,15-16,21-23,30-31H,7-14,17-18H2,1H3,(H,26,32)/t22-,23-,25-/m0/s1. The number of carbonyl (C=O) groups is 1. The van der Waals surface area contributed by atoms with Gasteiger partial charge in [-0.05, 0) is 56.6 Å². The molecule has 7 heteroatoms. The number of nitrogens with zero attached hydrogens (tertiary/aromatic N) is 3. The van der Waals surface area contributed by atoms with Crippen molar-refractivity contribution in [2.45, 2.75) is 75.7 Å². The number of aromatic nitrogens is 2. The van der Waals surface area contributed by atoms with Crippen molar-refractivity contribution in [3.05, 3.63) is 53.9 Å². The predicted octanol–water partition coefficient (Wildman–Crippen LogP) is 2.01. The van der Waals surface area contributed by atoms with Crippen LogP contribution >= 0.6 is 0 Å². The van der Waals surface area contributed by atoms with E-state index >= 15 is 0 Å². The second kappa shape index (κ2) is 10.1. The van der Waals surface area contributed by atoms with Crippen LogP contribution in [0.15, 0.2) is 42.7 Å². The average Bonchev–Trinajstić information content (AvgIpc) is 3.12. The number of aliphatic hydroxyl groups excluding tert-OH is 2. The van der Waals surface area contributed by atoms with Crippen LogP contribution in [-0.2, 0) is 16.8 Å². The zero-order chi connectivity index (χ0) is 22.6. The van der Waals surface area contributed by atoms with Crippen LogP contribution in [0.25, 0.3) is 0 Å². The highest BCUT2D eigenvalue weighted by Gasteiger charge is 2.40. The predicted molar refractivity (Wildman–Crippen MR) is 123 cm³/mol. The molecule has 1 amide bonds. The zero-order valence-electron chi connectivity index (χ0n) is 19.0. The van der Waals surface area contributed by atoms with Crippen molar-refractivity contribution in [3.63, 3.8) is 0 Å². The van der Waals surface area contributed by atoms with Gasteiger partial charge < -0.3 is 15.5 Å². The molecule has 7 nitrogen and oxygen atoms in total. The summed E-state index contributed by atoms with van der Waals surface area (Å²) >= 11 is 0. The summed E-state index contributed by atoms with van der Waals surface area (Å²) in [5.41, 5.74) is 2.05. The minimum absolute atomic E-state index is 0.0465. The Morgan fingerprint density at radius 1 is 1.12 bits per heavy atom. The van der Waals surface area contributed by atoms with E-state index in [-0.39, 0.29) is 30.0 Å². The van der Waals surface area contributed by atoms with E-state index in [0.717, 1.165) is 50.8 Å². The molecule has 32 heavy (non-hydrogen) atoms. The maximum Gasteiger partial charge on any atom is 0.241 e. The molecule has 0 spiro atoms. The molecule has 2 aromatic rings. The van der Waals surface area contributed by atoms with Crippen molar-refractivity contribution >= 4 is 5.91 Å². The van der Waals surface area contributed by atoms with Gasteiger partial charge in [0, 0.05) is 37.3 Å². The summed E-state index contributed by atoms with van der Waals surface area (Å²) < 4.78 is 1.66. The van der Waals surface area contributed by atoms with E-state index in [1.807, 2.05) is 19.2 Å². The third-order valence-corrected chi connectivity index (χ3v) is 7.33. The first-order chi connectivity index (χ1) is 15.4. The van der Waals surface area contributed by atoms with E-state index in [1.54, 1.807) is 10.9 Å². The summed E-state index contributed by atoms with van der Waals surface area (Å²) in [6.07, 6.45) is 7.87. The van der Waals surface area contributed by atoms with Gasteiger partial charge in [-0.25, -0.2) is 0 Å². The van der Waals surface area contributed by atoms with Crippen LogP contribution in [0.3, 0.4) is 0 Å². The highest BCUT2D eigenvalue weighted by Crippen LogP contribution is 2.39. The fraction of sp³-hybridized carbons (Fsp3) is 0.600. The lowest BCUT2D eigenvalue weighted by Gasteiger charge is -2.38. The molecule has 2 heterocycles.